The molecule has 3 unspecified atom stereocenters. The van der Waals surface area contributed by atoms with Gasteiger partial charge in [-0.2, -0.15) is 5.10 Å². The normalized spacial score (nSPS) is 21.4. The smallest absolute Gasteiger partial charge is 0.263 e. The molecule has 0 radical (unpaired) electrons. The summed E-state index contributed by atoms with van der Waals surface area (Å²) in [7, 11) is 0. The summed E-state index contributed by atoms with van der Waals surface area (Å²) in [6.07, 6.45) is -1.15. The lowest BCUT2D eigenvalue weighted by atomic mass is 10.0. The van der Waals surface area contributed by atoms with E-state index in [4.69, 9.17) is 16.3 Å². The molecule has 1 aromatic heterocycles. The number of nitrogens with one attached hydrogen (secondary N) is 4. The number of aromatic nitrogens is 2. The van der Waals surface area contributed by atoms with E-state index in [9.17, 15) is 14.0 Å². The van der Waals surface area contributed by atoms with Crippen LogP contribution in [0.25, 0.3) is 0 Å². The van der Waals surface area contributed by atoms with E-state index in [0.29, 0.717) is 34.5 Å². The van der Waals surface area contributed by atoms with Crippen LogP contribution in [0.1, 0.15) is 12.0 Å². The molecule has 10 nitrogen and oxygen atoms in total. The van der Waals surface area contributed by atoms with Crippen molar-refractivity contribution in [1.29, 1.82) is 0 Å². The Morgan fingerprint density at radius 1 is 1.23 bits per heavy atom. The number of hydrazine groups is 1. The highest BCUT2D eigenvalue weighted by Crippen LogP contribution is 2.28. The summed E-state index contributed by atoms with van der Waals surface area (Å²) in [5.74, 6) is -0.384. The van der Waals surface area contributed by atoms with Crippen molar-refractivity contribution in [2.75, 3.05) is 23.5 Å². The third-order valence-electron chi connectivity index (χ3n) is 5.74. The van der Waals surface area contributed by atoms with Gasteiger partial charge >= 0.3 is 0 Å². The molecule has 2 aromatic carbocycles. The largest absolute Gasteiger partial charge is 0.484 e. The zero-order valence-electron chi connectivity index (χ0n) is 18.7. The van der Waals surface area contributed by atoms with Crippen LogP contribution in [0.15, 0.2) is 54.6 Å². The summed E-state index contributed by atoms with van der Waals surface area (Å²) >= 11 is 5.87. The summed E-state index contributed by atoms with van der Waals surface area (Å²) in [6, 6.07) is 14.4. The van der Waals surface area contributed by atoms with Crippen LogP contribution >= 0.6 is 11.6 Å². The molecule has 12 heteroatoms. The minimum absolute atomic E-state index is 0.174. The highest BCUT2D eigenvalue weighted by molar-refractivity contribution is 6.30. The van der Waals surface area contributed by atoms with Crippen molar-refractivity contribution in [2.45, 2.75) is 19.4 Å². The van der Waals surface area contributed by atoms with Crippen LogP contribution in [0.4, 0.5) is 15.9 Å². The Morgan fingerprint density at radius 2 is 1.97 bits per heavy atom. The summed E-state index contributed by atoms with van der Waals surface area (Å²) in [4.78, 5) is 25.4. The van der Waals surface area contributed by atoms with E-state index in [0.717, 1.165) is 0 Å². The standard InChI is InChI=1S/C23H23ClFN7O3/c1-13-10-19(27-20(33)12-35-17-8-2-14(24)3-9-17)32(30-13)23-28-21-18(22(34)29-23)11-26-31(21)16-6-4-15(25)5-7-16/h2-10,18,21,23,26,28H,11-12H2,1H3,(H,27,33)(H,29,34). The lowest BCUT2D eigenvalue weighted by Gasteiger charge is -2.37. The number of rotatable bonds is 6. The fraction of sp³-hybridized carbons (Fsp3) is 0.261. The van der Waals surface area contributed by atoms with E-state index in [1.165, 1.54) is 16.8 Å². The number of anilines is 2. The molecule has 0 aliphatic carbocycles. The second-order valence-electron chi connectivity index (χ2n) is 8.24. The number of carbonyl (C=O) groups is 2. The lowest BCUT2D eigenvalue weighted by Crippen LogP contribution is -2.61. The van der Waals surface area contributed by atoms with Gasteiger partial charge in [-0.15, -0.1) is 0 Å². The topological polar surface area (TPSA) is 113 Å². The van der Waals surface area contributed by atoms with Crippen molar-refractivity contribution < 1.29 is 18.7 Å². The van der Waals surface area contributed by atoms with Gasteiger partial charge in [-0.05, 0) is 55.5 Å². The summed E-state index contributed by atoms with van der Waals surface area (Å²) in [6.45, 7) is 1.98. The molecule has 2 aliphatic heterocycles. The lowest BCUT2D eigenvalue weighted by molar-refractivity contribution is -0.129. The van der Waals surface area contributed by atoms with Crippen LogP contribution in [-0.2, 0) is 9.59 Å². The van der Waals surface area contributed by atoms with Gasteiger partial charge in [0.15, 0.2) is 12.9 Å². The molecule has 2 fully saturated rings. The van der Waals surface area contributed by atoms with E-state index in [1.54, 1.807) is 54.4 Å². The highest BCUT2D eigenvalue weighted by Gasteiger charge is 2.45. The number of fused-ring (bicyclic) bond motifs is 1. The Hall–Kier alpha value is -3.67. The second-order valence-corrected chi connectivity index (χ2v) is 8.68. The van der Waals surface area contributed by atoms with Crippen LogP contribution in [-0.4, -0.2) is 40.9 Å². The van der Waals surface area contributed by atoms with Gasteiger partial charge in [-0.1, -0.05) is 11.6 Å². The van der Waals surface area contributed by atoms with Crippen molar-refractivity contribution in [3.63, 3.8) is 0 Å². The number of hydrogen-bond donors (Lipinski definition) is 4. The van der Waals surface area contributed by atoms with Gasteiger partial charge in [0.25, 0.3) is 5.91 Å². The molecule has 3 atom stereocenters. The molecular weight excluding hydrogens is 477 g/mol. The average Bonchev–Trinajstić information content (AvgIpc) is 3.43. The Balaban J connectivity index is 1.30. The minimum Gasteiger partial charge on any atom is -0.484 e. The minimum atomic E-state index is -0.729. The Morgan fingerprint density at radius 3 is 2.71 bits per heavy atom. The second kappa shape index (κ2) is 9.53. The van der Waals surface area contributed by atoms with Gasteiger partial charge in [0.05, 0.1) is 17.3 Å². The maximum absolute atomic E-state index is 13.4. The third kappa shape index (κ3) is 4.92. The van der Waals surface area contributed by atoms with Crippen molar-refractivity contribution in [2.24, 2.45) is 5.92 Å². The van der Waals surface area contributed by atoms with Gasteiger partial charge < -0.3 is 15.4 Å². The van der Waals surface area contributed by atoms with Crippen LogP contribution in [0.3, 0.4) is 0 Å². The molecular formula is C23H23ClFN7O3. The van der Waals surface area contributed by atoms with Crippen molar-refractivity contribution in [3.05, 3.63) is 71.1 Å². The predicted molar refractivity (Wildman–Crippen MR) is 127 cm³/mol. The van der Waals surface area contributed by atoms with E-state index in [-0.39, 0.29) is 24.2 Å². The van der Waals surface area contributed by atoms with Gasteiger partial charge in [-0.3, -0.25) is 19.9 Å². The van der Waals surface area contributed by atoms with Crippen molar-refractivity contribution >= 4 is 34.9 Å². The van der Waals surface area contributed by atoms with Crippen LogP contribution < -0.4 is 31.1 Å². The van der Waals surface area contributed by atoms with E-state index in [2.05, 4.69) is 26.5 Å². The molecule has 4 N–H and O–H groups in total. The van der Waals surface area contributed by atoms with Crippen molar-refractivity contribution in [1.82, 2.24) is 25.8 Å². The quantitative estimate of drug-likeness (QED) is 0.411. The molecule has 0 saturated carbocycles. The fourth-order valence-electron chi connectivity index (χ4n) is 4.11. The number of nitrogens with zero attached hydrogens (tertiary/aromatic N) is 3. The van der Waals surface area contributed by atoms with E-state index < -0.39 is 18.4 Å². The number of carbonyl (C=O) groups excluding carboxylic acids is 2. The molecule has 2 saturated heterocycles. The maximum atomic E-state index is 13.4. The van der Waals surface area contributed by atoms with Crippen LogP contribution in [0.2, 0.25) is 5.02 Å². The summed E-state index contributed by atoms with van der Waals surface area (Å²) in [5.41, 5.74) is 4.55. The molecule has 5 rings (SSSR count). The van der Waals surface area contributed by atoms with Crippen molar-refractivity contribution in [3.8, 4) is 5.75 Å². The zero-order chi connectivity index (χ0) is 24.5. The highest BCUT2D eigenvalue weighted by atomic mass is 35.5. The number of benzene rings is 2. The Bertz CT molecular complexity index is 1230. The molecule has 2 amide bonds. The predicted octanol–water partition coefficient (Wildman–Crippen LogP) is 2.14. The molecule has 2 aliphatic rings. The first-order chi connectivity index (χ1) is 16.9. The summed E-state index contributed by atoms with van der Waals surface area (Å²) in [5, 5.41) is 15.9. The first-order valence-corrected chi connectivity index (χ1v) is 11.3. The van der Waals surface area contributed by atoms with Gasteiger partial charge in [0, 0.05) is 17.6 Å². The fourth-order valence-corrected chi connectivity index (χ4v) is 4.24. The first kappa shape index (κ1) is 23.1. The molecule has 182 valence electrons. The molecule has 3 heterocycles. The monoisotopic (exact) mass is 499 g/mol. The average molecular weight is 500 g/mol. The van der Waals surface area contributed by atoms with Crippen LogP contribution in [0.5, 0.6) is 5.75 Å². The maximum Gasteiger partial charge on any atom is 0.263 e. The van der Waals surface area contributed by atoms with E-state index in [1.807, 2.05) is 0 Å². The number of halogens is 2. The summed E-state index contributed by atoms with van der Waals surface area (Å²) < 4.78 is 20.4. The number of amides is 2. The molecule has 0 bridgehead atoms. The zero-order valence-corrected chi connectivity index (χ0v) is 19.4. The SMILES string of the molecule is Cc1cc(NC(=O)COc2ccc(Cl)cc2)n(C2NC(=O)C3CNN(c4ccc(F)cc4)C3N2)n1. The van der Waals surface area contributed by atoms with Gasteiger partial charge in [0.1, 0.15) is 23.6 Å². The Labute approximate surface area is 205 Å². The van der Waals surface area contributed by atoms with E-state index >= 15 is 0 Å². The Kier molecular flexibility index (Phi) is 6.29. The number of ether oxygens (including phenoxy) is 1. The van der Waals surface area contributed by atoms with Gasteiger partial charge in [-0.25, -0.2) is 14.5 Å². The third-order valence-corrected chi connectivity index (χ3v) is 6.00. The number of aryl methyl sites for hydroxylation is 1. The van der Waals surface area contributed by atoms with Crippen LogP contribution in [0, 0.1) is 18.7 Å². The molecule has 35 heavy (non-hydrogen) atoms. The molecule has 3 aromatic rings. The van der Waals surface area contributed by atoms with Gasteiger partial charge in [0.2, 0.25) is 5.91 Å². The number of hydrogen-bond acceptors (Lipinski definition) is 7. The molecule has 0 spiro atoms. The first-order valence-electron chi connectivity index (χ1n) is 11.0.